The van der Waals surface area contributed by atoms with Crippen LogP contribution in [-0.4, -0.2) is 15.9 Å². The van der Waals surface area contributed by atoms with Crippen LogP contribution in [0.5, 0.6) is 0 Å². The van der Waals surface area contributed by atoms with Gasteiger partial charge in [-0.25, -0.2) is 4.98 Å². The fourth-order valence-corrected chi connectivity index (χ4v) is 2.69. The van der Waals surface area contributed by atoms with E-state index < -0.39 is 0 Å². The summed E-state index contributed by atoms with van der Waals surface area (Å²) in [6.45, 7) is 4.89. The van der Waals surface area contributed by atoms with Crippen molar-refractivity contribution in [3.05, 3.63) is 59.7 Å². The number of aromatic nitrogens is 2. The lowest BCUT2D eigenvalue weighted by molar-refractivity contribution is 0.863. The van der Waals surface area contributed by atoms with Crippen LogP contribution in [0, 0.1) is 13.8 Å². The molecule has 0 bridgehead atoms. The number of fused-ring (bicyclic) bond motifs is 1. The van der Waals surface area contributed by atoms with Gasteiger partial charge in [0.15, 0.2) is 0 Å². The van der Waals surface area contributed by atoms with E-state index in [0.717, 1.165) is 17.8 Å². The van der Waals surface area contributed by atoms with E-state index in [-0.39, 0.29) is 0 Å². The van der Waals surface area contributed by atoms with E-state index in [0.29, 0.717) is 6.54 Å². The Hall–Kier alpha value is -2.13. The first-order chi connectivity index (χ1) is 9.67. The monoisotopic (exact) mass is 265 g/mol. The van der Waals surface area contributed by atoms with E-state index in [9.17, 15) is 0 Å². The van der Waals surface area contributed by atoms with Crippen molar-refractivity contribution in [1.29, 1.82) is 0 Å². The lowest BCUT2D eigenvalue weighted by atomic mass is 10.0. The number of nitrogens with two attached hydrogens (primary N) is 1. The van der Waals surface area contributed by atoms with Crippen molar-refractivity contribution in [2.24, 2.45) is 5.73 Å². The molecule has 2 heterocycles. The Labute approximate surface area is 119 Å². The molecule has 0 amide bonds. The van der Waals surface area contributed by atoms with E-state index in [2.05, 4.69) is 59.8 Å². The molecule has 3 aromatic rings. The van der Waals surface area contributed by atoms with Crippen molar-refractivity contribution in [3.63, 3.8) is 0 Å². The smallest absolute Gasteiger partial charge is 0.114 e. The van der Waals surface area contributed by atoms with Gasteiger partial charge in [-0.15, -0.1) is 0 Å². The normalized spacial score (nSPS) is 11.2. The van der Waals surface area contributed by atoms with Gasteiger partial charge in [0.1, 0.15) is 5.82 Å². The van der Waals surface area contributed by atoms with Gasteiger partial charge in [-0.2, -0.15) is 0 Å². The quantitative estimate of drug-likeness (QED) is 0.790. The summed E-state index contributed by atoms with van der Waals surface area (Å²) in [5.74, 6) is 1.02. The lowest BCUT2D eigenvalue weighted by Crippen LogP contribution is -2.06. The molecule has 3 rings (SSSR count). The first-order valence-electron chi connectivity index (χ1n) is 6.92. The molecule has 0 aliphatic heterocycles. The zero-order valence-electron chi connectivity index (χ0n) is 11.9. The van der Waals surface area contributed by atoms with Crippen molar-refractivity contribution in [3.8, 4) is 11.1 Å². The van der Waals surface area contributed by atoms with E-state index in [1.165, 1.54) is 22.3 Å². The molecule has 0 fully saturated rings. The van der Waals surface area contributed by atoms with Gasteiger partial charge in [-0.05, 0) is 43.7 Å². The number of benzene rings is 1. The van der Waals surface area contributed by atoms with Crippen molar-refractivity contribution < 1.29 is 0 Å². The molecule has 0 unspecified atom stereocenters. The maximum atomic E-state index is 5.61. The Bertz CT molecular complexity index is 736. The van der Waals surface area contributed by atoms with Gasteiger partial charge in [0.2, 0.25) is 0 Å². The first kappa shape index (κ1) is 12.9. The summed E-state index contributed by atoms with van der Waals surface area (Å²) in [5.41, 5.74) is 11.8. The second-order valence-corrected chi connectivity index (χ2v) is 5.30. The Balaban J connectivity index is 2.09. The highest BCUT2D eigenvalue weighted by atomic mass is 15.0. The minimum absolute atomic E-state index is 0.623. The predicted octanol–water partition coefficient (Wildman–Crippen LogP) is 3.12. The second kappa shape index (κ2) is 5.10. The molecule has 0 spiro atoms. The molecule has 3 heteroatoms. The fourth-order valence-electron chi connectivity index (χ4n) is 2.69. The fraction of sp³-hybridized carbons (Fsp3) is 0.235. The van der Waals surface area contributed by atoms with Crippen molar-refractivity contribution in [2.75, 3.05) is 6.54 Å². The molecule has 0 saturated carbocycles. The highest BCUT2D eigenvalue weighted by molar-refractivity contribution is 5.69. The largest absolute Gasteiger partial charge is 0.330 e. The SMILES string of the molecule is Cc1cc(C)cc(-c2ccn3c(CCN)ncc3c2)c1. The molecular weight excluding hydrogens is 246 g/mol. The van der Waals surface area contributed by atoms with E-state index in [4.69, 9.17) is 5.73 Å². The summed E-state index contributed by atoms with van der Waals surface area (Å²) >= 11 is 0. The molecule has 102 valence electrons. The van der Waals surface area contributed by atoms with Crippen LogP contribution in [0.15, 0.2) is 42.7 Å². The second-order valence-electron chi connectivity index (χ2n) is 5.30. The standard InChI is InChI=1S/C17H19N3/c1-12-7-13(2)9-15(8-12)14-4-6-20-16(10-14)11-19-17(20)3-5-18/h4,6-11H,3,5,18H2,1-2H3. The van der Waals surface area contributed by atoms with Gasteiger partial charge < -0.3 is 10.1 Å². The van der Waals surface area contributed by atoms with E-state index >= 15 is 0 Å². The number of hydrogen-bond donors (Lipinski definition) is 1. The lowest BCUT2D eigenvalue weighted by Gasteiger charge is -2.07. The van der Waals surface area contributed by atoms with Gasteiger partial charge in [-0.1, -0.05) is 29.3 Å². The summed E-state index contributed by atoms with van der Waals surface area (Å²) in [5, 5.41) is 0. The maximum absolute atomic E-state index is 5.61. The van der Waals surface area contributed by atoms with Crippen LogP contribution < -0.4 is 5.73 Å². The van der Waals surface area contributed by atoms with Gasteiger partial charge >= 0.3 is 0 Å². The van der Waals surface area contributed by atoms with Crippen LogP contribution in [0.2, 0.25) is 0 Å². The molecule has 3 nitrogen and oxygen atoms in total. The molecule has 2 N–H and O–H groups in total. The molecule has 2 aromatic heterocycles. The topological polar surface area (TPSA) is 43.3 Å². The van der Waals surface area contributed by atoms with Crippen molar-refractivity contribution in [2.45, 2.75) is 20.3 Å². The molecule has 20 heavy (non-hydrogen) atoms. The third-order valence-corrected chi connectivity index (χ3v) is 3.53. The first-order valence-corrected chi connectivity index (χ1v) is 6.92. The van der Waals surface area contributed by atoms with E-state index in [1.807, 2.05) is 6.20 Å². The number of hydrogen-bond acceptors (Lipinski definition) is 2. The van der Waals surface area contributed by atoms with E-state index in [1.54, 1.807) is 0 Å². The summed E-state index contributed by atoms with van der Waals surface area (Å²) in [6, 6.07) is 11.0. The Morgan fingerprint density at radius 2 is 1.80 bits per heavy atom. The van der Waals surface area contributed by atoms with Gasteiger partial charge in [0.25, 0.3) is 0 Å². The number of pyridine rings is 1. The van der Waals surface area contributed by atoms with Crippen LogP contribution in [0.25, 0.3) is 16.6 Å². The van der Waals surface area contributed by atoms with Gasteiger partial charge in [0.05, 0.1) is 11.7 Å². The van der Waals surface area contributed by atoms with Crippen LogP contribution >= 0.6 is 0 Å². The molecule has 0 radical (unpaired) electrons. The molecule has 0 atom stereocenters. The Kier molecular flexibility index (Phi) is 3.28. The minimum atomic E-state index is 0.623. The summed E-state index contributed by atoms with van der Waals surface area (Å²) in [7, 11) is 0. The number of nitrogens with zero attached hydrogens (tertiary/aromatic N) is 2. The zero-order valence-corrected chi connectivity index (χ0v) is 11.9. The van der Waals surface area contributed by atoms with Crippen LogP contribution in [-0.2, 0) is 6.42 Å². The maximum Gasteiger partial charge on any atom is 0.114 e. The Morgan fingerprint density at radius 3 is 2.50 bits per heavy atom. The highest BCUT2D eigenvalue weighted by Crippen LogP contribution is 2.24. The van der Waals surface area contributed by atoms with Gasteiger partial charge in [-0.3, -0.25) is 0 Å². The molecular formula is C17H19N3. The van der Waals surface area contributed by atoms with Crippen molar-refractivity contribution in [1.82, 2.24) is 9.38 Å². The van der Waals surface area contributed by atoms with Crippen molar-refractivity contribution >= 4 is 5.52 Å². The molecule has 0 saturated heterocycles. The van der Waals surface area contributed by atoms with Crippen LogP contribution in [0.3, 0.4) is 0 Å². The average molecular weight is 265 g/mol. The zero-order chi connectivity index (χ0) is 14.1. The third-order valence-electron chi connectivity index (χ3n) is 3.53. The van der Waals surface area contributed by atoms with Gasteiger partial charge in [0, 0.05) is 12.6 Å². The molecule has 0 aliphatic rings. The Morgan fingerprint density at radius 1 is 1.05 bits per heavy atom. The highest BCUT2D eigenvalue weighted by Gasteiger charge is 2.05. The number of imidazole rings is 1. The molecule has 0 aliphatic carbocycles. The average Bonchev–Trinajstić information content (AvgIpc) is 2.81. The third kappa shape index (κ3) is 2.32. The predicted molar refractivity (Wildman–Crippen MR) is 82.9 cm³/mol. The number of rotatable bonds is 3. The van der Waals surface area contributed by atoms with Crippen LogP contribution in [0.4, 0.5) is 0 Å². The summed E-state index contributed by atoms with van der Waals surface area (Å²) in [4.78, 5) is 4.44. The number of aryl methyl sites for hydroxylation is 2. The summed E-state index contributed by atoms with van der Waals surface area (Å²) in [6.07, 6.45) is 4.80. The van der Waals surface area contributed by atoms with Crippen LogP contribution in [0.1, 0.15) is 17.0 Å². The summed E-state index contributed by atoms with van der Waals surface area (Å²) < 4.78 is 2.11. The minimum Gasteiger partial charge on any atom is -0.330 e. The molecule has 1 aromatic carbocycles.